The summed E-state index contributed by atoms with van der Waals surface area (Å²) in [6.45, 7) is 8.41. The van der Waals surface area contributed by atoms with Gasteiger partial charge in [0.2, 0.25) is 0 Å². The van der Waals surface area contributed by atoms with Crippen LogP contribution in [0.5, 0.6) is 0 Å². The van der Waals surface area contributed by atoms with E-state index < -0.39 is 0 Å². The summed E-state index contributed by atoms with van der Waals surface area (Å²) in [5, 5.41) is 3.66. The molecule has 1 N–H and O–H groups in total. The van der Waals surface area contributed by atoms with Crippen molar-refractivity contribution in [3.8, 4) is 0 Å². The van der Waals surface area contributed by atoms with E-state index in [-0.39, 0.29) is 0 Å². The van der Waals surface area contributed by atoms with Crippen LogP contribution in [-0.2, 0) is 11.2 Å². The molecule has 2 rings (SSSR count). The fourth-order valence-corrected chi connectivity index (χ4v) is 3.36. The van der Waals surface area contributed by atoms with Crippen LogP contribution in [0.4, 0.5) is 0 Å². The number of rotatable bonds is 9. The summed E-state index contributed by atoms with van der Waals surface area (Å²) in [5.41, 5.74) is 2.90. The SMILES string of the molecule is CCCc1ccc(C(CC2CC(OCC)C2)NCC)cc1. The molecular weight excluding hydrogens is 258 g/mol. The van der Waals surface area contributed by atoms with Crippen LogP contribution in [0.25, 0.3) is 0 Å². The van der Waals surface area contributed by atoms with Gasteiger partial charge >= 0.3 is 0 Å². The van der Waals surface area contributed by atoms with Gasteiger partial charge in [0, 0.05) is 12.6 Å². The average Bonchev–Trinajstić information content (AvgIpc) is 2.45. The molecular formula is C19H31NO. The first-order valence-corrected chi connectivity index (χ1v) is 8.70. The fourth-order valence-electron chi connectivity index (χ4n) is 3.36. The minimum absolute atomic E-state index is 0.498. The maximum absolute atomic E-state index is 5.68. The molecule has 1 aromatic rings. The van der Waals surface area contributed by atoms with Crippen molar-refractivity contribution in [2.45, 2.75) is 65.0 Å². The van der Waals surface area contributed by atoms with Crippen LogP contribution in [0, 0.1) is 5.92 Å². The van der Waals surface area contributed by atoms with Crippen molar-refractivity contribution in [3.63, 3.8) is 0 Å². The maximum Gasteiger partial charge on any atom is 0.0580 e. The van der Waals surface area contributed by atoms with Gasteiger partial charge in [0.25, 0.3) is 0 Å². The molecule has 0 aromatic heterocycles. The largest absolute Gasteiger partial charge is 0.378 e. The molecule has 1 fully saturated rings. The van der Waals surface area contributed by atoms with Crippen LogP contribution in [0.2, 0.25) is 0 Å². The molecule has 0 saturated heterocycles. The summed E-state index contributed by atoms with van der Waals surface area (Å²) in [4.78, 5) is 0. The van der Waals surface area contributed by atoms with E-state index in [1.54, 1.807) is 0 Å². The van der Waals surface area contributed by atoms with Crippen LogP contribution >= 0.6 is 0 Å². The van der Waals surface area contributed by atoms with Crippen LogP contribution in [0.3, 0.4) is 0 Å². The lowest BCUT2D eigenvalue weighted by atomic mass is 9.77. The molecule has 0 radical (unpaired) electrons. The predicted octanol–water partition coefficient (Wildman–Crippen LogP) is 4.49. The molecule has 0 heterocycles. The predicted molar refractivity (Wildman–Crippen MR) is 89.6 cm³/mol. The number of hydrogen-bond donors (Lipinski definition) is 1. The van der Waals surface area contributed by atoms with Crippen molar-refractivity contribution in [2.75, 3.05) is 13.2 Å². The van der Waals surface area contributed by atoms with Gasteiger partial charge in [-0.15, -0.1) is 0 Å². The number of nitrogens with one attached hydrogen (secondary N) is 1. The molecule has 1 aromatic carbocycles. The van der Waals surface area contributed by atoms with Gasteiger partial charge in [-0.25, -0.2) is 0 Å². The molecule has 2 heteroatoms. The summed E-state index contributed by atoms with van der Waals surface area (Å²) in [5.74, 6) is 0.820. The van der Waals surface area contributed by atoms with Crippen molar-refractivity contribution in [3.05, 3.63) is 35.4 Å². The zero-order valence-electron chi connectivity index (χ0n) is 13.9. The molecule has 1 unspecified atom stereocenters. The average molecular weight is 289 g/mol. The molecule has 1 saturated carbocycles. The maximum atomic E-state index is 5.68. The molecule has 0 bridgehead atoms. The van der Waals surface area contributed by atoms with E-state index in [0.29, 0.717) is 12.1 Å². The number of aryl methyl sites for hydroxylation is 1. The normalized spacial score (nSPS) is 22.8. The third-order valence-electron chi connectivity index (χ3n) is 4.54. The van der Waals surface area contributed by atoms with Gasteiger partial charge in [0.1, 0.15) is 0 Å². The van der Waals surface area contributed by atoms with Crippen LogP contribution < -0.4 is 5.32 Å². The van der Waals surface area contributed by atoms with E-state index >= 15 is 0 Å². The Balaban J connectivity index is 1.89. The first-order chi connectivity index (χ1) is 10.3. The summed E-state index contributed by atoms with van der Waals surface area (Å²) < 4.78 is 5.68. The highest BCUT2D eigenvalue weighted by molar-refractivity contribution is 5.25. The lowest BCUT2D eigenvalue weighted by molar-refractivity contribution is -0.0291. The molecule has 0 spiro atoms. The van der Waals surface area contributed by atoms with Gasteiger partial charge in [-0.1, -0.05) is 44.5 Å². The lowest BCUT2D eigenvalue weighted by Crippen LogP contribution is -2.34. The second-order valence-corrected chi connectivity index (χ2v) is 6.25. The van der Waals surface area contributed by atoms with Crippen molar-refractivity contribution >= 4 is 0 Å². The summed E-state index contributed by atoms with van der Waals surface area (Å²) in [7, 11) is 0. The summed E-state index contributed by atoms with van der Waals surface area (Å²) >= 11 is 0. The molecule has 21 heavy (non-hydrogen) atoms. The minimum Gasteiger partial charge on any atom is -0.378 e. The Labute approximate surface area is 130 Å². The van der Waals surface area contributed by atoms with Crippen LogP contribution in [0.15, 0.2) is 24.3 Å². The van der Waals surface area contributed by atoms with Gasteiger partial charge < -0.3 is 10.1 Å². The molecule has 1 aliphatic rings. The van der Waals surface area contributed by atoms with Crippen LogP contribution in [0.1, 0.15) is 63.6 Å². The monoisotopic (exact) mass is 289 g/mol. The third-order valence-corrected chi connectivity index (χ3v) is 4.54. The van der Waals surface area contributed by atoms with E-state index in [0.717, 1.165) is 19.1 Å². The molecule has 1 atom stereocenters. The minimum atomic E-state index is 0.498. The zero-order chi connectivity index (χ0) is 15.1. The number of benzene rings is 1. The highest BCUT2D eigenvalue weighted by atomic mass is 16.5. The highest BCUT2D eigenvalue weighted by Crippen LogP contribution is 2.37. The quantitative estimate of drug-likeness (QED) is 0.723. The Morgan fingerprint density at radius 1 is 1.14 bits per heavy atom. The van der Waals surface area contributed by atoms with Crippen molar-refractivity contribution < 1.29 is 4.74 Å². The van der Waals surface area contributed by atoms with Crippen LogP contribution in [-0.4, -0.2) is 19.3 Å². The molecule has 0 aliphatic heterocycles. The first-order valence-electron chi connectivity index (χ1n) is 8.70. The van der Waals surface area contributed by atoms with Gasteiger partial charge in [0.05, 0.1) is 6.10 Å². The topological polar surface area (TPSA) is 21.3 Å². The Morgan fingerprint density at radius 2 is 1.86 bits per heavy atom. The zero-order valence-corrected chi connectivity index (χ0v) is 13.9. The Hall–Kier alpha value is -0.860. The Bertz CT molecular complexity index is 395. The second kappa shape index (κ2) is 8.55. The standard InChI is InChI=1S/C19H31NO/c1-4-7-15-8-10-17(11-9-15)19(20-5-2)14-16-12-18(13-16)21-6-3/h8-11,16,18-20H,4-7,12-14H2,1-3H3. The second-order valence-electron chi connectivity index (χ2n) is 6.25. The van der Waals surface area contributed by atoms with E-state index in [2.05, 4.69) is 50.4 Å². The van der Waals surface area contributed by atoms with Crippen molar-refractivity contribution in [1.82, 2.24) is 5.32 Å². The summed E-state index contributed by atoms with van der Waals surface area (Å²) in [6, 6.07) is 9.73. The van der Waals surface area contributed by atoms with Gasteiger partial charge in [-0.2, -0.15) is 0 Å². The highest BCUT2D eigenvalue weighted by Gasteiger charge is 2.31. The van der Waals surface area contributed by atoms with Gasteiger partial charge in [-0.3, -0.25) is 0 Å². The van der Waals surface area contributed by atoms with E-state index in [4.69, 9.17) is 4.74 Å². The van der Waals surface area contributed by atoms with E-state index in [1.165, 1.54) is 43.2 Å². The van der Waals surface area contributed by atoms with Crippen molar-refractivity contribution in [1.29, 1.82) is 0 Å². The number of ether oxygens (including phenoxy) is 1. The first kappa shape index (κ1) is 16.5. The van der Waals surface area contributed by atoms with Gasteiger partial charge in [-0.05, 0) is 56.2 Å². The lowest BCUT2D eigenvalue weighted by Gasteiger charge is -2.37. The van der Waals surface area contributed by atoms with E-state index in [9.17, 15) is 0 Å². The Kier molecular flexibility index (Phi) is 6.72. The molecule has 2 nitrogen and oxygen atoms in total. The summed E-state index contributed by atoms with van der Waals surface area (Å²) in [6.07, 6.45) is 6.65. The van der Waals surface area contributed by atoms with Gasteiger partial charge in [0.15, 0.2) is 0 Å². The molecule has 118 valence electrons. The smallest absolute Gasteiger partial charge is 0.0580 e. The Morgan fingerprint density at radius 3 is 2.43 bits per heavy atom. The fraction of sp³-hybridized carbons (Fsp3) is 0.684. The van der Waals surface area contributed by atoms with Crippen molar-refractivity contribution in [2.24, 2.45) is 5.92 Å². The molecule has 0 amide bonds. The number of hydrogen-bond acceptors (Lipinski definition) is 2. The molecule has 1 aliphatic carbocycles. The van der Waals surface area contributed by atoms with E-state index in [1.807, 2.05) is 0 Å². The third kappa shape index (κ3) is 4.82.